The quantitative estimate of drug-likeness (QED) is 0.693. The molecule has 0 unspecified atom stereocenters. The molecule has 0 bridgehead atoms. The van der Waals surface area contributed by atoms with Crippen LogP contribution in [0.15, 0.2) is 48.5 Å². The van der Waals surface area contributed by atoms with E-state index in [0.717, 1.165) is 5.56 Å². The summed E-state index contributed by atoms with van der Waals surface area (Å²) < 4.78 is 18.6. The number of alkyl carbamates (subject to hydrolysis) is 1. The van der Waals surface area contributed by atoms with E-state index in [1.807, 2.05) is 30.3 Å². The van der Waals surface area contributed by atoms with E-state index in [9.17, 15) is 14.0 Å². The number of rotatable bonds is 4. The van der Waals surface area contributed by atoms with E-state index in [4.69, 9.17) is 4.74 Å². The second kappa shape index (κ2) is 8.49. The Bertz CT molecular complexity index is 791. The molecule has 0 aliphatic carbocycles. The smallest absolute Gasteiger partial charge is 0.408 e. The van der Waals surface area contributed by atoms with Crippen LogP contribution in [0.3, 0.4) is 0 Å². The predicted octanol–water partition coefficient (Wildman–Crippen LogP) is 3.31. The molecule has 0 saturated heterocycles. The summed E-state index contributed by atoms with van der Waals surface area (Å²) in [4.78, 5) is 22.8. The molecule has 0 aromatic heterocycles. The largest absolute Gasteiger partial charge is 0.445 e. The van der Waals surface area contributed by atoms with E-state index in [1.165, 1.54) is 25.1 Å². The first kappa shape index (κ1) is 17.2. The number of nitrogens with one attached hydrogen (secondary N) is 1. The van der Waals surface area contributed by atoms with Gasteiger partial charge in [-0.15, -0.1) is 0 Å². The van der Waals surface area contributed by atoms with Gasteiger partial charge in [0.05, 0.1) is 12.1 Å². The van der Waals surface area contributed by atoms with E-state index in [-0.39, 0.29) is 24.5 Å². The highest BCUT2D eigenvalue weighted by Gasteiger charge is 2.04. The highest BCUT2D eigenvalue weighted by atomic mass is 19.1. The van der Waals surface area contributed by atoms with Gasteiger partial charge < -0.3 is 10.1 Å². The first-order valence-electron chi connectivity index (χ1n) is 7.30. The van der Waals surface area contributed by atoms with Gasteiger partial charge in [-0.3, -0.25) is 4.79 Å². The Morgan fingerprint density at radius 3 is 2.62 bits per heavy atom. The van der Waals surface area contributed by atoms with Crippen molar-refractivity contribution >= 4 is 11.9 Å². The molecule has 1 N–H and O–H groups in total. The molecule has 4 nitrogen and oxygen atoms in total. The second-order valence-electron chi connectivity index (χ2n) is 4.97. The van der Waals surface area contributed by atoms with Crippen LogP contribution >= 0.6 is 0 Å². The molecule has 2 rings (SSSR count). The highest BCUT2D eigenvalue weighted by Crippen LogP contribution is 2.10. The van der Waals surface area contributed by atoms with Gasteiger partial charge >= 0.3 is 6.09 Å². The Balaban J connectivity index is 1.84. The SMILES string of the molecule is CC(=O)c1ccc(F)c(C#CCNC(=O)OCc2ccccc2)c1. The van der Waals surface area contributed by atoms with Crippen LogP contribution in [0.4, 0.5) is 9.18 Å². The fourth-order valence-corrected chi connectivity index (χ4v) is 1.87. The predicted molar refractivity (Wildman–Crippen MR) is 87.9 cm³/mol. The van der Waals surface area contributed by atoms with E-state index < -0.39 is 11.9 Å². The normalized spacial score (nSPS) is 9.58. The van der Waals surface area contributed by atoms with Crippen LogP contribution in [-0.2, 0) is 11.3 Å². The van der Waals surface area contributed by atoms with Crippen molar-refractivity contribution in [1.82, 2.24) is 5.32 Å². The van der Waals surface area contributed by atoms with Crippen molar-refractivity contribution in [2.45, 2.75) is 13.5 Å². The number of halogens is 1. The average molecular weight is 325 g/mol. The standard InChI is InChI=1S/C19H16FNO3/c1-14(22)16-9-10-18(20)17(12-16)8-5-11-21-19(23)24-13-15-6-3-2-4-7-15/h2-4,6-7,9-10,12H,11,13H2,1H3,(H,21,23). The van der Waals surface area contributed by atoms with Gasteiger partial charge in [0, 0.05) is 5.56 Å². The van der Waals surface area contributed by atoms with Gasteiger partial charge in [-0.05, 0) is 30.7 Å². The molecule has 0 aliphatic heterocycles. The third kappa shape index (κ3) is 5.25. The highest BCUT2D eigenvalue weighted by molar-refractivity contribution is 5.94. The number of benzene rings is 2. The van der Waals surface area contributed by atoms with E-state index >= 15 is 0 Å². The molecule has 0 spiro atoms. The molecule has 0 radical (unpaired) electrons. The third-order valence-electron chi connectivity index (χ3n) is 3.13. The van der Waals surface area contributed by atoms with Crippen LogP contribution in [0.2, 0.25) is 0 Å². The molecule has 24 heavy (non-hydrogen) atoms. The molecule has 0 atom stereocenters. The van der Waals surface area contributed by atoms with Gasteiger partial charge in [0.1, 0.15) is 12.4 Å². The van der Waals surface area contributed by atoms with Crippen LogP contribution < -0.4 is 5.32 Å². The molecule has 0 aliphatic rings. The zero-order chi connectivity index (χ0) is 17.4. The first-order chi connectivity index (χ1) is 11.6. The van der Waals surface area contributed by atoms with Crippen LogP contribution in [0.5, 0.6) is 0 Å². The number of Topliss-reactive ketones (excluding diaryl/α,β-unsaturated/α-hetero) is 1. The summed E-state index contributed by atoms with van der Waals surface area (Å²) in [6, 6.07) is 13.3. The lowest BCUT2D eigenvalue weighted by molar-refractivity contribution is 0.101. The molecule has 2 aromatic rings. The third-order valence-corrected chi connectivity index (χ3v) is 3.13. The van der Waals surface area contributed by atoms with E-state index in [1.54, 1.807) is 0 Å². The lowest BCUT2D eigenvalue weighted by Crippen LogP contribution is -2.24. The topological polar surface area (TPSA) is 55.4 Å². The summed E-state index contributed by atoms with van der Waals surface area (Å²) >= 11 is 0. The maximum Gasteiger partial charge on any atom is 0.408 e. The summed E-state index contributed by atoms with van der Waals surface area (Å²) in [5.41, 5.74) is 1.37. The number of amides is 1. The average Bonchev–Trinajstić information content (AvgIpc) is 2.59. The Morgan fingerprint density at radius 2 is 1.92 bits per heavy atom. The maximum atomic E-state index is 13.6. The lowest BCUT2D eigenvalue weighted by atomic mass is 10.1. The minimum absolute atomic E-state index is 0.0113. The lowest BCUT2D eigenvalue weighted by Gasteiger charge is -2.04. The molecule has 2 aromatic carbocycles. The number of carbonyl (C=O) groups is 2. The second-order valence-corrected chi connectivity index (χ2v) is 4.97. The molecule has 0 heterocycles. The summed E-state index contributed by atoms with van der Waals surface area (Å²) in [7, 11) is 0. The minimum Gasteiger partial charge on any atom is -0.445 e. The summed E-state index contributed by atoms with van der Waals surface area (Å²) in [5, 5.41) is 2.46. The minimum atomic E-state index is -0.605. The fourth-order valence-electron chi connectivity index (χ4n) is 1.87. The molecule has 0 fully saturated rings. The number of hydrogen-bond acceptors (Lipinski definition) is 3. The van der Waals surface area contributed by atoms with Crippen molar-refractivity contribution < 1.29 is 18.7 Å². The molecule has 0 saturated carbocycles. The maximum absolute atomic E-state index is 13.6. The van der Waals surface area contributed by atoms with Crippen LogP contribution in [0.1, 0.15) is 28.4 Å². The number of carbonyl (C=O) groups excluding carboxylic acids is 2. The zero-order valence-electron chi connectivity index (χ0n) is 13.1. The Kier molecular flexibility index (Phi) is 6.09. The van der Waals surface area contributed by atoms with Crippen molar-refractivity contribution in [3.8, 4) is 11.8 Å². The number of hydrogen-bond donors (Lipinski definition) is 1. The molecule has 122 valence electrons. The van der Waals surface area contributed by atoms with Gasteiger partial charge in [-0.1, -0.05) is 42.2 Å². The van der Waals surface area contributed by atoms with Crippen LogP contribution in [0.25, 0.3) is 0 Å². The molecular weight excluding hydrogens is 309 g/mol. The van der Waals surface area contributed by atoms with Crippen molar-refractivity contribution in [3.05, 3.63) is 71.0 Å². The van der Waals surface area contributed by atoms with Gasteiger partial charge in [0.2, 0.25) is 0 Å². The molecule has 1 amide bonds. The van der Waals surface area contributed by atoms with E-state index in [0.29, 0.717) is 5.56 Å². The zero-order valence-corrected chi connectivity index (χ0v) is 13.1. The monoisotopic (exact) mass is 325 g/mol. The Labute approximate surface area is 139 Å². The number of ketones is 1. The summed E-state index contributed by atoms with van der Waals surface area (Å²) in [6.07, 6.45) is -0.605. The van der Waals surface area contributed by atoms with Gasteiger partial charge in [-0.25, -0.2) is 9.18 Å². The Morgan fingerprint density at radius 1 is 1.17 bits per heavy atom. The number of ether oxygens (including phenoxy) is 1. The van der Waals surface area contributed by atoms with Gasteiger partial charge in [0.15, 0.2) is 5.78 Å². The van der Waals surface area contributed by atoms with Crippen molar-refractivity contribution in [2.75, 3.05) is 6.54 Å². The summed E-state index contributed by atoms with van der Waals surface area (Å²) in [5.74, 6) is 4.53. The van der Waals surface area contributed by atoms with E-state index in [2.05, 4.69) is 17.2 Å². The van der Waals surface area contributed by atoms with Crippen LogP contribution in [0, 0.1) is 17.7 Å². The molecule has 5 heteroatoms. The summed E-state index contributed by atoms with van der Waals surface area (Å²) in [6.45, 7) is 1.57. The Hall–Kier alpha value is -3.13. The van der Waals surface area contributed by atoms with Gasteiger partial charge in [-0.2, -0.15) is 0 Å². The van der Waals surface area contributed by atoms with Crippen molar-refractivity contribution in [2.24, 2.45) is 0 Å². The fraction of sp³-hybridized carbons (Fsp3) is 0.158. The van der Waals surface area contributed by atoms with Crippen LogP contribution in [-0.4, -0.2) is 18.4 Å². The molecular formula is C19H16FNO3. The first-order valence-corrected chi connectivity index (χ1v) is 7.30. The van der Waals surface area contributed by atoms with Gasteiger partial charge in [0.25, 0.3) is 0 Å². The van der Waals surface area contributed by atoms with Crippen molar-refractivity contribution in [1.29, 1.82) is 0 Å². The van der Waals surface area contributed by atoms with Crippen molar-refractivity contribution in [3.63, 3.8) is 0 Å².